The van der Waals surface area contributed by atoms with Crippen molar-refractivity contribution in [2.45, 2.75) is 6.42 Å². The third kappa shape index (κ3) is 4.12. The highest BCUT2D eigenvalue weighted by molar-refractivity contribution is 6.03. The molecule has 0 aliphatic rings. The number of aromatic amines is 1. The van der Waals surface area contributed by atoms with Crippen molar-refractivity contribution in [1.82, 2.24) is 9.97 Å². The van der Waals surface area contributed by atoms with Gasteiger partial charge >= 0.3 is 0 Å². The van der Waals surface area contributed by atoms with Crippen LogP contribution >= 0.6 is 0 Å². The average molecular weight is 353 g/mol. The van der Waals surface area contributed by atoms with E-state index in [1.165, 1.54) is 0 Å². The van der Waals surface area contributed by atoms with Crippen molar-refractivity contribution in [3.8, 4) is 0 Å². The number of pyridine rings is 1. The van der Waals surface area contributed by atoms with Gasteiger partial charge < -0.3 is 10.3 Å². The highest BCUT2D eigenvalue weighted by Gasteiger charge is 2.03. The molecular formula is C23H19N3O. The summed E-state index contributed by atoms with van der Waals surface area (Å²) in [4.78, 5) is 19.6. The van der Waals surface area contributed by atoms with Crippen molar-refractivity contribution in [2.24, 2.45) is 0 Å². The van der Waals surface area contributed by atoms with E-state index in [0.717, 1.165) is 39.7 Å². The predicted octanol–water partition coefficient (Wildman–Crippen LogP) is 4.81. The van der Waals surface area contributed by atoms with Crippen molar-refractivity contribution in [2.75, 3.05) is 5.32 Å². The van der Waals surface area contributed by atoms with E-state index in [2.05, 4.69) is 27.4 Å². The maximum Gasteiger partial charge on any atom is 0.248 e. The fourth-order valence-corrected chi connectivity index (χ4v) is 3.06. The Kier molecular flexibility index (Phi) is 4.79. The highest BCUT2D eigenvalue weighted by Crippen LogP contribution is 2.18. The monoisotopic (exact) mass is 353 g/mol. The van der Waals surface area contributed by atoms with Gasteiger partial charge in [0.1, 0.15) is 0 Å². The Balaban J connectivity index is 1.48. The summed E-state index contributed by atoms with van der Waals surface area (Å²) in [5.41, 5.74) is 5.15. The molecule has 1 amide bonds. The summed E-state index contributed by atoms with van der Waals surface area (Å²) in [5.74, 6) is -0.152. The molecule has 0 spiro atoms. The molecule has 0 radical (unpaired) electrons. The van der Waals surface area contributed by atoms with Gasteiger partial charge in [-0.15, -0.1) is 0 Å². The molecule has 0 aliphatic heterocycles. The zero-order chi connectivity index (χ0) is 18.5. The van der Waals surface area contributed by atoms with E-state index in [0.29, 0.717) is 0 Å². The Bertz CT molecular complexity index is 1100. The first-order valence-corrected chi connectivity index (χ1v) is 8.81. The molecule has 0 unspecified atom stereocenters. The lowest BCUT2D eigenvalue weighted by Crippen LogP contribution is -2.07. The fraction of sp³-hybridized carbons (Fsp3) is 0.0435. The molecule has 0 aliphatic carbocycles. The summed E-state index contributed by atoms with van der Waals surface area (Å²) < 4.78 is 0. The minimum absolute atomic E-state index is 0.152. The first-order valence-electron chi connectivity index (χ1n) is 8.81. The Hall–Kier alpha value is -3.66. The Morgan fingerprint density at radius 3 is 2.89 bits per heavy atom. The largest absolute Gasteiger partial charge is 0.361 e. The number of nitrogens with one attached hydrogen (secondary N) is 2. The van der Waals surface area contributed by atoms with Gasteiger partial charge in [-0.2, -0.15) is 0 Å². The van der Waals surface area contributed by atoms with E-state index in [9.17, 15) is 4.79 Å². The van der Waals surface area contributed by atoms with Crippen LogP contribution in [-0.2, 0) is 11.2 Å². The van der Waals surface area contributed by atoms with Crippen molar-refractivity contribution in [3.63, 3.8) is 0 Å². The summed E-state index contributed by atoms with van der Waals surface area (Å²) in [5, 5.41) is 3.98. The second-order valence-corrected chi connectivity index (χ2v) is 6.34. The van der Waals surface area contributed by atoms with Crippen LogP contribution in [0.15, 0.2) is 85.3 Å². The molecule has 4 nitrogen and oxygen atoms in total. The molecule has 2 heterocycles. The van der Waals surface area contributed by atoms with Gasteiger partial charge in [-0.3, -0.25) is 9.78 Å². The van der Waals surface area contributed by atoms with Gasteiger partial charge in [0.05, 0.1) is 0 Å². The predicted molar refractivity (Wildman–Crippen MR) is 109 cm³/mol. The first-order chi connectivity index (χ1) is 13.3. The fourth-order valence-electron chi connectivity index (χ4n) is 3.06. The van der Waals surface area contributed by atoms with E-state index in [1.807, 2.05) is 67.0 Å². The number of hydrogen-bond acceptors (Lipinski definition) is 2. The molecule has 4 heteroatoms. The summed E-state index contributed by atoms with van der Waals surface area (Å²) >= 11 is 0. The van der Waals surface area contributed by atoms with E-state index in [4.69, 9.17) is 0 Å². The number of amides is 1. The molecule has 27 heavy (non-hydrogen) atoms. The van der Waals surface area contributed by atoms with E-state index < -0.39 is 0 Å². The van der Waals surface area contributed by atoms with Crippen molar-refractivity contribution in [1.29, 1.82) is 0 Å². The maximum absolute atomic E-state index is 12.3. The number of carbonyl (C=O) groups is 1. The van der Waals surface area contributed by atoms with Crippen LogP contribution in [0.5, 0.6) is 0 Å². The standard InChI is InChI=1S/C23H19N3O/c27-23(26-21-8-9-22-20(15-21)11-13-25-22)10-7-18-5-1-2-6-19(18)14-17-4-3-12-24-16-17/h1-13,15-16,25H,14H2,(H,26,27)/b10-7+. The lowest BCUT2D eigenvalue weighted by Gasteiger charge is -2.06. The number of benzene rings is 2. The number of rotatable bonds is 5. The van der Waals surface area contributed by atoms with Crippen LogP contribution in [0.1, 0.15) is 16.7 Å². The zero-order valence-electron chi connectivity index (χ0n) is 14.7. The van der Waals surface area contributed by atoms with Gasteiger partial charge in [0, 0.05) is 41.3 Å². The van der Waals surface area contributed by atoms with Crippen molar-refractivity contribution < 1.29 is 4.79 Å². The van der Waals surface area contributed by atoms with E-state index in [-0.39, 0.29) is 5.91 Å². The van der Waals surface area contributed by atoms with Crippen molar-refractivity contribution >= 4 is 28.6 Å². The number of carbonyl (C=O) groups excluding carboxylic acids is 1. The van der Waals surface area contributed by atoms with Gasteiger partial charge in [-0.1, -0.05) is 30.3 Å². The third-order valence-corrected chi connectivity index (χ3v) is 4.41. The minimum atomic E-state index is -0.152. The van der Waals surface area contributed by atoms with Gasteiger partial charge in [0.15, 0.2) is 0 Å². The summed E-state index contributed by atoms with van der Waals surface area (Å²) in [6.07, 6.45) is 9.73. The van der Waals surface area contributed by atoms with Crippen molar-refractivity contribution in [3.05, 3.63) is 102 Å². The molecule has 2 aromatic carbocycles. The first kappa shape index (κ1) is 16.8. The number of aromatic nitrogens is 2. The quantitative estimate of drug-likeness (QED) is 0.506. The number of nitrogens with zero attached hydrogens (tertiary/aromatic N) is 1. The summed E-state index contributed by atoms with van der Waals surface area (Å²) in [6, 6.07) is 19.8. The van der Waals surface area contributed by atoms with Crippen LogP contribution in [0.25, 0.3) is 17.0 Å². The lowest BCUT2D eigenvalue weighted by molar-refractivity contribution is -0.111. The number of hydrogen-bond donors (Lipinski definition) is 2. The molecule has 2 N–H and O–H groups in total. The molecule has 4 aromatic rings. The number of H-pyrrole nitrogens is 1. The van der Waals surface area contributed by atoms with Crippen LogP contribution in [0.4, 0.5) is 5.69 Å². The van der Waals surface area contributed by atoms with Crippen LogP contribution in [0.3, 0.4) is 0 Å². The van der Waals surface area contributed by atoms with E-state index in [1.54, 1.807) is 12.3 Å². The SMILES string of the molecule is O=C(/C=C/c1ccccc1Cc1cccnc1)Nc1ccc2[nH]ccc2c1. The minimum Gasteiger partial charge on any atom is -0.361 e. The van der Waals surface area contributed by atoms with Gasteiger partial charge in [-0.25, -0.2) is 0 Å². The molecular weight excluding hydrogens is 334 g/mol. The van der Waals surface area contributed by atoms with Crippen LogP contribution in [0.2, 0.25) is 0 Å². The van der Waals surface area contributed by atoms with Crippen LogP contribution in [0, 0.1) is 0 Å². The summed E-state index contributed by atoms with van der Waals surface area (Å²) in [7, 11) is 0. The second kappa shape index (κ2) is 7.70. The maximum atomic E-state index is 12.3. The topological polar surface area (TPSA) is 57.8 Å². The number of anilines is 1. The molecule has 4 rings (SSSR count). The lowest BCUT2D eigenvalue weighted by atomic mass is 10.0. The Morgan fingerprint density at radius 1 is 1.07 bits per heavy atom. The van der Waals surface area contributed by atoms with E-state index >= 15 is 0 Å². The Morgan fingerprint density at radius 2 is 2.00 bits per heavy atom. The van der Waals surface area contributed by atoms with Gasteiger partial charge in [0.25, 0.3) is 0 Å². The van der Waals surface area contributed by atoms with Gasteiger partial charge in [-0.05, 0) is 59.5 Å². The second-order valence-electron chi connectivity index (χ2n) is 6.34. The molecule has 0 bridgehead atoms. The molecule has 0 fully saturated rings. The third-order valence-electron chi connectivity index (χ3n) is 4.41. The van der Waals surface area contributed by atoms with Crippen LogP contribution < -0.4 is 5.32 Å². The number of fused-ring (bicyclic) bond motifs is 1. The zero-order valence-corrected chi connectivity index (χ0v) is 14.7. The summed E-state index contributed by atoms with van der Waals surface area (Å²) in [6.45, 7) is 0. The molecule has 0 saturated carbocycles. The average Bonchev–Trinajstić information content (AvgIpc) is 3.16. The normalized spacial score (nSPS) is 11.1. The Labute approximate surface area is 157 Å². The molecule has 2 aromatic heterocycles. The molecule has 132 valence electrons. The van der Waals surface area contributed by atoms with Crippen LogP contribution in [-0.4, -0.2) is 15.9 Å². The van der Waals surface area contributed by atoms with Gasteiger partial charge in [0.2, 0.25) is 5.91 Å². The smallest absolute Gasteiger partial charge is 0.248 e. The highest BCUT2D eigenvalue weighted by atomic mass is 16.1. The molecule has 0 saturated heterocycles. The molecule has 0 atom stereocenters.